The fourth-order valence-corrected chi connectivity index (χ4v) is 11.3. The van der Waals surface area contributed by atoms with E-state index in [1.165, 1.54) is 33.4 Å². The van der Waals surface area contributed by atoms with Crippen LogP contribution in [0.3, 0.4) is 0 Å². The number of para-hydroxylation sites is 1. The van der Waals surface area contributed by atoms with Gasteiger partial charge in [0.2, 0.25) is 0 Å². The van der Waals surface area contributed by atoms with Crippen molar-refractivity contribution in [2.24, 2.45) is 0 Å². The van der Waals surface area contributed by atoms with Crippen LogP contribution in [0.25, 0.3) is 50.1 Å². The van der Waals surface area contributed by atoms with E-state index in [-0.39, 0.29) is 37.3 Å². The monoisotopic (exact) mass is 1210 g/mol. The topological polar surface area (TPSA) is 35.9 Å². The van der Waals surface area contributed by atoms with Gasteiger partial charge in [0.25, 0.3) is 6.33 Å². The molecule has 0 atom stereocenters. The van der Waals surface area contributed by atoms with E-state index in [1.54, 1.807) is 0 Å². The molecule has 0 amide bonds. The minimum atomic E-state index is -0.569. The van der Waals surface area contributed by atoms with E-state index in [2.05, 4.69) is 309 Å². The van der Waals surface area contributed by atoms with Crippen LogP contribution in [0.4, 0.5) is 0 Å². The fourth-order valence-electron chi connectivity index (χ4n) is 11.3. The molecular formula is C73H70N4OPt-2. The van der Waals surface area contributed by atoms with Crippen molar-refractivity contribution in [2.45, 2.75) is 110 Å². The molecule has 0 radical (unpaired) electrons. The van der Waals surface area contributed by atoms with Crippen LogP contribution in [0.5, 0.6) is 11.5 Å². The third-order valence-corrected chi connectivity index (χ3v) is 16.1. The number of nitrogens with zero attached hydrogens (tertiary/aromatic N) is 4. The van der Waals surface area contributed by atoms with Gasteiger partial charge >= 0.3 is 0 Å². The minimum Gasteiger partial charge on any atom is -0.510 e. The summed E-state index contributed by atoms with van der Waals surface area (Å²) in [6.45, 7) is 27.7. The minimum absolute atomic E-state index is 0. The van der Waals surface area contributed by atoms with Gasteiger partial charge < -0.3 is 13.9 Å². The van der Waals surface area contributed by atoms with Crippen molar-refractivity contribution < 1.29 is 30.4 Å². The second-order valence-electron chi connectivity index (χ2n) is 24.6. The Hall–Kier alpha value is -7.59. The van der Waals surface area contributed by atoms with Crippen LogP contribution < -0.4 is 9.30 Å². The summed E-state index contributed by atoms with van der Waals surface area (Å²) in [5.41, 5.74) is 13.7. The second kappa shape index (κ2) is 20.9. The van der Waals surface area contributed by atoms with Crippen molar-refractivity contribution in [2.75, 3.05) is 0 Å². The van der Waals surface area contributed by atoms with Gasteiger partial charge in [0.1, 0.15) is 5.82 Å². The smallest absolute Gasteiger partial charge is 0.267 e. The number of rotatable bonds is 12. The maximum absolute atomic E-state index is 7.11. The molecule has 8 aromatic carbocycles. The SMILES string of the molecule is CC(C)(C)c1cc(-[n+]2[c-]n(-c3[c-]c(Oc4[c-]c5c(cc4)c4ccccc4n5-c4cc(C(C)(C)C)ccn4)cc(-c4ccccc4)c3)c(C(C)(C)c3ccccc3)c2C(C)(C)c2ccccc2)cc(C(C)(C)c2ccccc2)c1.[Pt]. The molecule has 11 aromatic rings. The zero-order chi connectivity index (χ0) is 54.8. The van der Waals surface area contributed by atoms with Crippen LogP contribution in [0, 0.1) is 18.5 Å². The maximum Gasteiger partial charge on any atom is 0.267 e. The van der Waals surface area contributed by atoms with Crippen LogP contribution in [0.2, 0.25) is 0 Å². The van der Waals surface area contributed by atoms with Gasteiger partial charge in [-0.15, -0.1) is 35.2 Å². The van der Waals surface area contributed by atoms with E-state index in [9.17, 15) is 0 Å². The maximum atomic E-state index is 7.11. The zero-order valence-corrected chi connectivity index (χ0v) is 49.9. The molecule has 0 aliphatic heterocycles. The zero-order valence-electron chi connectivity index (χ0n) is 47.6. The number of hydrogen-bond donors (Lipinski definition) is 0. The number of benzene rings is 8. The first-order valence-electron chi connectivity index (χ1n) is 27.4. The van der Waals surface area contributed by atoms with Crippen LogP contribution in [0.15, 0.2) is 206 Å². The van der Waals surface area contributed by atoms with E-state index in [4.69, 9.17) is 9.72 Å². The van der Waals surface area contributed by atoms with Gasteiger partial charge in [0.15, 0.2) is 0 Å². The summed E-state index contributed by atoms with van der Waals surface area (Å²) in [7, 11) is 0. The summed E-state index contributed by atoms with van der Waals surface area (Å²) in [4.78, 5) is 4.95. The molecule has 0 spiro atoms. The molecule has 3 aromatic heterocycles. The van der Waals surface area contributed by atoms with Crippen LogP contribution in [-0.2, 0) is 48.1 Å². The van der Waals surface area contributed by atoms with Crippen LogP contribution >= 0.6 is 0 Å². The molecule has 0 aliphatic carbocycles. The Bertz CT molecular complexity index is 3970. The average Bonchev–Trinajstić information content (AvgIpc) is 3.82. The first kappa shape index (κ1) is 54.8. The fraction of sp³-hybridized carbons (Fsp3) is 0.233. The Labute approximate surface area is 482 Å². The summed E-state index contributed by atoms with van der Waals surface area (Å²) in [5, 5.41) is 2.20. The van der Waals surface area contributed by atoms with Gasteiger partial charge in [-0.3, -0.25) is 4.57 Å². The van der Waals surface area contributed by atoms with Crippen molar-refractivity contribution in [3.63, 3.8) is 0 Å². The average molecular weight is 1210 g/mol. The third kappa shape index (κ3) is 10.4. The van der Waals surface area contributed by atoms with Gasteiger partial charge in [0.05, 0.1) is 17.1 Å². The Balaban J connectivity index is 0.00000704. The Morgan fingerprint density at radius 1 is 0.443 bits per heavy atom. The predicted octanol–water partition coefficient (Wildman–Crippen LogP) is 17.7. The molecule has 11 rings (SSSR count). The molecule has 79 heavy (non-hydrogen) atoms. The van der Waals surface area contributed by atoms with Crippen molar-refractivity contribution in [1.82, 2.24) is 14.1 Å². The molecule has 0 unspecified atom stereocenters. The summed E-state index contributed by atoms with van der Waals surface area (Å²) in [5.74, 6) is 1.96. The van der Waals surface area contributed by atoms with Gasteiger partial charge in [0, 0.05) is 60.5 Å². The number of aromatic nitrogens is 4. The molecule has 0 saturated heterocycles. The number of fused-ring (bicyclic) bond motifs is 3. The van der Waals surface area contributed by atoms with Crippen molar-refractivity contribution in [3.8, 4) is 39.8 Å². The molecule has 400 valence electrons. The standard InChI is InChI=1S/C73H70N4O.Pt/c1-69(2,3)55-39-40-74-66(46-55)77-64-36-26-25-35-62(64)63-38-37-60(48-65(63)77)78-61-42-51(50-27-17-13-18-28-50)41-58(47-61)75-49-76(59-44-56(70(4,5)6)43-57(45-59)71(7,8)52-29-19-14-20-30-52)68(73(11,12)54-33-23-16-24-34-54)67(75)72(9,10)53-31-21-15-22-32-53;/h13-46H,1-12H3;/q-2;. The molecule has 0 aliphatic rings. The normalized spacial score (nSPS) is 12.5. The number of hydrogen-bond acceptors (Lipinski definition) is 2. The first-order chi connectivity index (χ1) is 37.2. The molecule has 6 heteroatoms. The quantitative estimate of drug-likeness (QED) is 0.0903. The Morgan fingerprint density at radius 2 is 1.00 bits per heavy atom. The summed E-state index contributed by atoms with van der Waals surface area (Å²) >= 11 is 0. The third-order valence-electron chi connectivity index (χ3n) is 16.1. The summed E-state index contributed by atoms with van der Waals surface area (Å²) in [6.07, 6.45) is 6.02. The van der Waals surface area contributed by atoms with E-state index >= 15 is 0 Å². The summed E-state index contributed by atoms with van der Waals surface area (Å²) < 4.78 is 14.0. The van der Waals surface area contributed by atoms with Crippen molar-refractivity contribution >= 4 is 21.8 Å². The Kier molecular flexibility index (Phi) is 14.5. The van der Waals surface area contributed by atoms with Gasteiger partial charge in [-0.05, 0) is 91.2 Å². The molecule has 0 bridgehead atoms. The van der Waals surface area contributed by atoms with Crippen LogP contribution in [0.1, 0.15) is 128 Å². The Morgan fingerprint density at radius 3 is 1.62 bits per heavy atom. The molecule has 0 saturated carbocycles. The van der Waals surface area contributed by atoms with Crippen LogP contribution in [-0.4, -0.2) is 14.1 Å². The first-order valence-corrected chi connectivity index (χ1v) is 27.4. The van der Waals surface area contributed by atoms with Gasteiger partial charge in [-0.25, -0.2) is 4.98 Å². The molecule has 5 nitrogen and oxygen atoms in total. The van der Waals surface area contributed by atoms with E-state index in [0.717, 1.165) is 61.5 Å². The van der Waals surface area contributed by atoms with Crippen molar-refractivity contribution in [1.29, 1.82) is 0 Å². The molecule has 0 N–H and O–H groups in total. The predicted molar refractivity (Wildman–Crippen MR) is 321 cm³/mol. The van der Waals surface area contributed by atoms with E-state index < -0.39 is 10.8 Å². The van der Waals surface area contributed by atoms with Crippen molar-refractivity contribution in [3.05, 3.63) is 270 Å². The van der Waals surface area contributed by atoms with E-state index in [1.807, 2.05) is 12.3 Å². The number of imidazole rings is 1. The molecule has 0 fully saturated rings. The second-order valence-corrected chi connectivity index (χ2v) is 24.6. The molecule has 3 heterocycles. The summed E-state index contributed by atoms with van der Waals surface area (Å²) in [6, 6.07) is 79.4. The van der Waals surface area contributed by atoms with Gasteiger partial charge in [-0.1, -0.05) is 234 Å². The van der Waals surface area contributed by atoms with Gasteiger partial charge in [-0.2, -0.15) is 12.1 Å². The number of ether oxygens (including phenoxy) is 1. The van der Waals surface area contributed by atoms with E-state index in [0.29, 0.717) is 11.5 Å². The number of pyridine rings is 1. The molecular weight excluding hydrogens is 1140 g/mol. The largest absolute Gasteiger partial charge is 0.510 e.